The molecule has 0 bridgehead atoms. The zero-order valence-corrected chi connectivity index (χ0v) is 11.0. The molecule has 3 aromatic rings. The Hall–Kier alpha value is -2.25. The van der Waals surface area contributed by atoms with Crippen LogP contribution in [0.2, 0.25) is 0 Å². The van der Waals surface area contributed by atoms with Gasteiger partial charge in [-0.15, -0.1) is 11.3 Å². The predicted octanol–water partition coefficient (Wildman–Crippen LogP) is 2.42. The largest absolute Gasteiger partial charge is 0.340 e. The summed E-state index contributed by atoms with van der Waals surface area (Å²) in [7, 11) is 0. The summed E-state index contributed by atoms with van der Waals surface area (Å²) in [6.45, 7) is 1.82. The van der Waals surface area contributed by atoms with Gasteiger partial charge in [-0.25, -0.2) is 20.8 Å². The van der Waals surface area contributed by atoms with Crippen molar-refractivity contribution in [1.29, 1.82) is 0 Å². The Morgan fingerprint density at radius 3 is 2.84 bits per heavy atom. The first-order valence-electron chi connectivity index (χ1n) is 5.67. The maximum absolute atomic E-state index is 5.37. The lowest BCUT2D eigenvalue weighted by molar-refractivity contribution is 1.05. The zero-order chi connectivity index (χ0) is 13.2. The molecular formula is C12H12N6S. The molecule has 0 fully saturated rings. The molecule has 0 spiro atoms. The third-order valence-electron chi connectivity index (χ3n) is 2.59. The molecule has 3 rings (SSSR count). The molecule has 7 heteroatoms. The van der Waals surface area contributed by atoms with Gasteiger partial charge in [0.25, 0.3) is 0 Å². The fraction of sp³-hybridized carbons (Fsp3) is 0.0833. The van der Waals surface area contributed by atoms with Crippen LogP contribution in [0.3, 0.4) is 0 Å². The van der Waals surface area contributed by atoms with Gasteiger partial charge < -0.3 is 10.7 Å². The Kier molecular flexibility index (Phi) is 2.98. The van der Waals surface area contributed by atoms with E-state index >= 15 is 0 Å². The van der Waals surface area contributed by atoms with Crippen molar-refractivity contribution in [3.05, 3.63) is 35.6 Å². The van der Waals surface area contributed by atoms with Gasteiger partial charge in [0.05, 0.1) is 15.7 Å². The lowest BCUT2D eigenvalue weighted by Gasteiger charge is -2.08. The van der Waals surface area contributed by atoms with Crippen LogP contribution in [0.15, 0.2) is 29.8 Å². The molecule has 1 aromatic carbocycles. The molecule has 0 saturated carbocycles. The number of anilines is 3. The molecule has 0 aliphatic heterocycles. The Bertz CT molecular complexity index is 723. The molecule has 19 heavy (non-hydrogen) atoms. The maximum Gasteiger partial charge on any atom is 0.145 e. The second kappa shape index (κ2) is 4.79. The number of hydrazine groups is 1. The number of aromatic nitrogens is 3. The van der Waals surface area contributed by atoms with Gasteiger partial charge in [-0.05, 0) is 25.1 Å². The monoisotopic (exact) mass is 272 g/mol. The minimum Gasteiger partial charge on any atom is -0.340 e. The molecule has 6 nitrogen and oxygen atoms in total. The van der Waals surface area contributed by atoms with E-state index in [4.69, 9.17) is 5.84 Å². The number of rotatable bonds is 3. The molecular weight excluding hydrogens is 260 g/mol. The van der Waals surface area contributed by atoms with Crippen LogP contribution in [0.4, 0.5) is 17.3 Å². The van der Waals surface area contributed by atoms with Crippen molar-refractivity contribution in [3.8, 4) is 0 Å². The average Bonchev–Trinajstić information content (AvgIpc) is 2.85. The summed E-state index contributed by atoms with van der Waals surface area (Å²) in [5, 5.41) is 3.23. The van der Waals surface area contributed by atoms with Crippen molar-refractivity contribution in [1.82, 2.24) is 15.0 Å². The van der Waals surface area contributed by atoms with E-state index in [0.29, 0.717) is 17.5 Å². The van der Waals surface area contributed by atoms with Crippen LogP contribution < -0.4 is 16.6 Å². The van der Waals surface area contributed by atoms with Crippen LogP contribution in [0, 0.1) is 6.92 Å². The second-order valence-electron chi connectivity index (χ2n) is 3.99. The van der Waals surface area contributed by atoms with Gasteiger partial charge in [-0.1, -0.05) is 0 Å². The molecule has 4 N–H and O–H groups in total. The van der Waals surface area contributed by atoms with E-state index in [2.05, 4.69) is 25.7 Å². The molecule has 0 saturated heterocycles. The first kappa shape index (κ1) is 11.8. The molecule has 2 heterocycles. The van der Waals surface area contributed by atoms with Crippen molar-refractivity contribution in [2.45, 2.75) is 6.92 Å². The summed E-state index contributed by atoms with van der Waals surface area (Å²) in [6.07, 6.45) is 0. The summed E-state index contributed by atoms with van der Waals surface area (Å²) in [4.78, 5) is 12.7. The van der Waals surface area contributed by atoms with Crippen molar-refractivity contribution in [2.75, 3.05) is 10.7 Å². The van der Waals surface area contributed by atoms with Crippen molar-refractivity contribution in [2.24, 2.45) is 5.84 Å². The Balaban J connectivity index is 1.93. The van der Waals surface area contributed by atoms with Crippen LogP contribution in [-0.2, 0) is 0 Å². The zero-order valence-electron chi connectivity index (χ0n) is 10.2. The lowest BCUT2D eigenvalue weighted by atomic mass is 10.3. The highest BCUT2D eigenvalue weighted by atomic mass is 32.1. The van der Waals surface area contributed by atoms with E-state index in [0.717, 1.165) is 15.9 Å². The van der Waals surface area contributed by atoms with E-state index < -0.39 is 0 Å². The number of hydrogen-bond acceptors (Lipinski definition) is 7. The topological polar surface area (TPSA) is 88.8 Å². The van der Waals surface area contributed by atoms with Gasteiger partial charge in [0.1, 0.15) is 17.5 Å². The lowest BCUT2D eigenvalue weighted by Crippen LogP contribution is -2.10. The van der Waals surface area contributed by atoms with E-state index in [1.807, 2.05) is 30.6 Å². The van der Waals surface area contributed by atoms with Gasteiger partial charge in [0, 0.05) is 11.8 Å². The van der Waals surface area contributed by atoms with Crippen LogP contribution in [0.25, 0.3) is 10.2 Å². The average molecular weight is 272 g/mol. The fourth-order valence-corrected chi connectivity index (χ4v) is 2.50. The summed E-state index contributed by atoms with van der Waals surface area (Å²) in [5.41, 5.74) is 6.31. The highest BCUT2D eigenvalue weighted by molar-refractivity contribution is 7.16. The Labute approximate surface area is 113 Å². The second-order valence-corrected chi connectivity index (χ2v) is 4.88. The first-order chi connectivity index (χ1) is 9.24. The third kappa shape index (κ3) is 2.47. The fourth-order valence-electron chi connectivity index (χ4n) is 1.79. The molecule has 2 aromatic heterocycles. The van der Waals surface area contributed by atoms with Gasteiger partial charge in [-0.2, -0.15) is 0 Å². The van der Waals surface area contributed by atoms with E-state index in [9.17, 15) is 0 Å². The summed E-state index contributed by atoms with van der Waals surface area (Å²) in [6, 6.07) is 7.74. The summed E-state index contributed by atoms with van der Waals surface area (Å²) >= 11 is 1.61. The van der Waals surface area contributed by atoms with Crippen molar-refractivity contribution in [3.63, 3.8) is 0 Å². The normalized spacial score (nSPS) is 10.6. The van der Waals surface area contributed by atoms with Crippen LogP contribution in [-0.4, -0.2) is 15.0 Å². The van der Waals surface area contributed by atoms with E-state index in [-0.39, 0.29) is 0 Å². The van der Waals surface area contributed by atoms with Crippen LogP contribution in [0.5, 0.6) is 0 Å². The Morgan fingerprint density at radius 2 is 2.00 bits per heavy atom. The number of fused-ring (bicyclic) bond motifs is 1. The van der Waals surface area contributed by atoms with Gasteiger partial charge >= 0.3 is 0 Å². The predicted molar refractivity (Wildman–Crippen MR) is 77.5 cm³/mol. The summed E-state index contributed by atoms with van der Waals surface area (Å²) < 4.78 is 1.13. The van der Waals surface area contributed by atoms with Crippen LogP contribution in [0.1, 0.15) is 5.82 Å². The molecule has 0 atom stereocenters. The maximum atomic E-state index is 5.37. The quantitative estimate of drug-likeness (QED) is 0.501. The molecule has 0 amide bonds. The molecule has 0 radical (unpaired) electrons. The van der Waals surface area contributed by atoms with Crippen molar-refractivity contribution >= 4 is 38.9 Å². The number of benzene rings is 1. The molecule has 0 aliphatic carbocycles. The number of nitrogens with zero attached hydrogens (tertiary/aromatic N) is 3. The SMILES string of the molecule is Cc1nc(NN)cc(Nc2ccc3ncsc3c2)n1. The van der Waals surface area contributed by atoms with E-state index in [1.54, 1.807) is 17.4 Å². The van der Waals surface area contributed by atoms with Gasteiger partial charge in [-0.3, -0.25) is 0 Å². The van der Waals surface area contributed by atoms with E-state index in [1.165, 1.54) is 0 Å². The number of nitrogen functional groups attached to an aromatic ring is 1. The third-order valence-corrected chi connectivity index (χ3v) is 3.38. The number of nitrogens with two attached hydrogens (primary N) is 1. The smallest absolute Gasteiger partial charge is 0.145 e. The number of thiazole rings is 1. The van der Waals surface area contributed by atoms with Gasteiger partial charge in [0.15, 0.2) is 0 Å². The summed E-state index contributed by atoms with van der Waals surface area (Å²) in [5.74, 6) is 7.29. The first-order valence-corrected chi connectivity index (χ1v) is 6.55. The van der Waals surface area contributed by atoms with Crippen molar-refractivity contribution < 1.29 is 0 Å². The Morgan fingerprint density at radius 1 is 1.16 bits per heavy atom. The number of hydrogen-bond donors (Lipinski definition) is 3. The highest BCUT2D eigenvalue weighted by Crippen LogP contribution is 2.24. The molecule has 96 valence electrons. The van der Waals surface area contributed by atoms with Gasteiger partial charge in [0.2, 0.25) is 0 Å². The standard InChI is InChI=1S/C12H12N6S/c1-7-15-11(5-12(16-7)18-13)17-8-2-3-9-10(4-8)19-6-14-9/h2-6H,13H2,1H3,(H2,15,16,17,18). The molecule has 0 unspecified atom stereocenters. The number of nitrogens with one attached hydrogen (secondary N) is 2. The molecule has 0 aliphatic rings. The number of aryl methyl sites for hydroxylation is 1. The minimum atomic E-state index is 0.578. The van der Waals surface area contributed by atoms with Crippen LogP contribution >= 0.6 is 11.3 Å². The highest BCUT2D eigenvalue weighted by Gasteiger charge is 2.03. The minimum absolute atomic E-state index is 0.578.